The monoisotopic (exact) mass is 235 g/mol. The molecule has 0 radical (unpaired) electrons. The molecule has 1 fully saturated rings. The molecule has 1 aromatic rings. The van der Waals surface area contributed by atoms with Gasteiger partial charge in [0.15, 0.2) is 0 Å². The number of benzene rings is 1. The van der Waals surface area contributed by atoms with Crippen LogP contribution in [0.25, 0.3) is 0 Å². The molecule has 0 spiro atoms. The lowest BCUT2D eigenvalue weighted by molar-refractivity contribution is 0.346. The molecule has 1 saturated heterocycles. The number of aryl methyl sites for hydroxylation is 1. The third-order valence-electron chi connectivity index (χ3n) is 2.90. The van der Waals surface area contributed by atoms with E-state index in [9.17, 15) is 0 Å². The molecule has 0 aromatic heterocycles. The average Bonchev–Trinajstić information content (AvgIpc) is 2.79. The van der Waals surface area contributed by atoms with Crippen molar-refractivity contribution in [3.8, 4) is 0 Å². The zero-order valence-electron chi connectivity index (χ0n) is 12.2. The van der Waals surface area contributed by atoms with Gasteiger partial charge in [-0.3, -0.25) is 0 Å². The Labute approximate surface area is 108 Å². The van der Waals surface area contributed by atoms with E-state index in [0.717, 1.165) is 5.92 Å². The van der Waals surface area contributed by atoms with Crippen LogP contribution in [0.1, 0.15) is 39.7 Å². The van der Waals surface area contributed by atoms with E-state index < -0.39 is 0 Å². The molecular weight excluding hydrogens is 206 g/mol. The minimum absolute atomic E-state index is 0.954. The van der Waals surface area contributed by atoms with Crippen molar-refractivity contribution in [2.75, 3.05) is 19.6 Å². The molecule has 1 atom stereocenters. The van der Waals surface area contributed by atoms with E-state index in [0.29, 0.717) is 0 Å². The third-order valence-corrected chi connectivity index (χ3v) is 2.90. The van der Waals surface area contributed by atoms with Gasteiger partial charge in [0.2, 0.25) is 0 Å². The Balaban J connectivity index is 0.000000265. The van der Waals surface area contributed by atoms with Crippen LogP contribution in [0, 0.1) is 12.8 Å². The normalized spacial score (nSPS) is 18.8. The van der Waals surface area contributed by atoms with E-state index in [2.05, 4.69) is 37.8 Å². The van der Waals surface area contributed by atoms with E-state index in [4.69, 9.17) is 0 Å². The molecule has 0 N–H and O–H groups in total. The molecule has 98 valence electrons. The first-order valence-electron chi connectivity index (χ1n) is 6.96. The van der Waals surface area contributed by atoms with Crippen molar-refractivity contribution >= 4 is 0 Å². The van der Waals surface area contributed by atoms with Crippen molar-refractivity contribution in [3.05, 3.63) is 35.9 Å². The second kappa shape index (κ2) is 10.3. The zero-order chi connectivity index (χ0) is 13.1. The van der Waals surface area contributed by atoms with Gasteiger partial charge in [0.05, 0.1) is 0 Å². The first-order valence-corrected chi connectivity index (χ1v) is 6.96. The molecule has 1 aromatic carbocycles. The van der Waals surface area contributed by atoms with Crippen LogP contribution in [0.4, 0.5) is 0 Å². The fraction of sp³-hybridized carbons (Fsp3) is 0.625. The Bertz CT molecular complexity index is 255. The Kier molecular flexibility index (Phi) is 9.84. The maximum absolute atomic E-state index is 2.50. The maximum atomic E-state index is 2.50. The summed E-state index contributed by atoms with van der Waals surface area (Å²) in [5.41, 5.74) is 1.32. The molecule has 0 bridgehead atoms. The number of nitrogens with zero attached hydrogens (tertiary/aromatic N) is 1. The van der Waals surface area contributed by atoms with Crippen molar-refractivity contribution in [2.45, 2.75) is 41.0 Å². The summed E-state index contributed by atoms with van der Waals surface area (Å²) in [4.78, 5) is 2.50. The zero-order valence-corrected chi connectivity index (χ0v) is 12.2. The molecule has 1 heterocycles. The van der Waals surface area contributed by atoms with E-state index in [1.165, 1.54) is 31.6 Å². The highest BCUT2D eigenvalue weighted by Gasteiger charge is 2.15. The molecule has 0 amide bonds. The molecule has 17 heavy (non-hydrogen) atoms. The molecule has 1 nitrogen and oxygen atoms in total. The van der Waals surface area contributed by atoms with Gasteiger partial charge in [-0.15, -0.1) is 0 Å². The van der Waals surface area contributed by atoms with Gasteiger partial charge < -0.3 is 4.90 Å². The van der Waals surface area contributed by atoms with E-state index in [-0.39, 0.29) is 0 Å². The summed E-state index contributed by atoms with van der Waals surface area (Å²) >= 11 is 0. The fourth-order valence-electron chi connectivity index (χ4n) is 1.85. The summed E-state index contributed by atoms with van der Waals surface area (Å²) < 4.78 is 0. The van der Waals surface area contributed by atoms with Crippen LogP contribution in [0.2, 0.25) is 0 Å². The topological polar surface area (TPSA) is 3.24 Å². The second-order valence-corrected chi connectivity index (χ2v) is 4.44. The van der Waals surface area contributed by atoms with E-state index >= 15 is 0 Å². The molecule has 2 rings (SSSR count). The molecule has 0 unspecified atom stereocenters. The molecule has 0 aliphatic carbocycles. The van der Waals surface area contributed by atoms with Gasteiger partial charge in [-0.1, -0.05) is 63.6 Å². The largest absolute Gasteiger partial charge is 0.303 e. The van der Waals surface area contributed by atoms with Crippen LogP contribution in [0.5, 0.6) is 0 Å². The predicted molar refractivity (Wildman–Crippen MR) is 78.4 cm³/mol. The SMILES string of the molecule is CC.CCN1CC[C@H](C)C1.Cc1ccccc1. The standard InChI is InChI=1S/C7H15N.C7H8.C2H6/c1-3-8-5-4-7(2)6-8;1-7-5-3-2-4-6-7;1-2/h7H,3-6H2,1-2H3;2-6H,1H3;1-2H3/t7-;;/m0../s1. The van der Waals surface area contributed by atoms with Crippen molar-refractivity contribution in [1.29, 1.82) is 0 Å². The average molecular weight is 235 g/mol. The van der Waals surface area contributed by atoms with Gasteiger partial charge >= 0.3 is 0 Å². The third kappa shape index (κ3) is 7.98. The minimum Gasteiger partial charge on any atom is -0.303 e. The van der Waals surface area contributed by atoms with Crippen LogP contribution in [-0.2, 0) is 0 Å². The first-order chi connectivity index (χ1) is 8.22. The number of hydrogen-bond acceptors (Lipinski definition) is 1. The first kappa shape index (κ1) is 16.2. The highest BCUT2D eigenvalue weighted by molar-refractivity contribution is 5.11. The second-order valence-electron chi connectivity index (χ2n) is 4.44. The highest BCUT2D eigenvalue weighted by atomic mass is 15.1. The van der Waals surface area contributed by atoms with E-state index in [1.807, 2.05) is 32.0 Å². The van der Waals surface area contributed by atoms with Crippen molar-refractivity contribution in [2.24, 2.45) is 5.92 Å². The van der Waals surface area contributed by atoms with Crippen molar-refractivity contribution in [3.63, 3.8) is 0 Å². The Morgan fingerprint density at radius 1 is 1.18 bits per heavy atom. The van der Waals surface area contributed by atoms with Gasteiger partial charge in [0.1, 0.15) is 0 Å². The maximum Gasteiger partial charge on any atom is 0.000738 e. The smallest absolute Gasteiger partial charge is 0.000738 e. The van der Waals surface area contributed by atoms with Gasteiger partial charge in [-0.05, 0) is 32.4 Å². The number of hydrogen-bond donors (Lipinski definition) is 0. The molecule has 1 aliphatic rings. The van der Waals surface area contributed by atoms with E-state index in [1.54, 1.807) is 0 Å². The lowest BCUT2D eigenvalue weighted by Crippen LogP contribution is -2.18. The predicted octanol–water partition coefficient (Wildman–Crippen LogP) is 4.37. The molecule has 1 heteroatoms. The lowest BCUT2D eigenvalue weighted by atomic mass is 10.2. The summed E-state index contributed by atoms with van der Waals surface area (Å²) in [6, 6.07) is 10.3. The fourth-order valence-corrected chi connectivity index (χ4v) is 1.85. The van der Waals surface area contributed by atoms with Crippen molar-refractivity contribution < 1.29 is 0 Å². The van der Waals surface area contributed by atoms with Gasteiger partial charge in [-0.25, -0.2) is 0 Å². The van der Waals surface area contributed by atoms with Crippen LogP contribution < -0.4 is 0 Å². The van der Waals surface area contributed by atoms with Crippen LogP contribution >= 0.6 is 0 Å². The summed E-state index contributed by atoms with van der Waals surface area (Å²) in [7, 11) is 0. The summed E-state index contributed by atoms with van der Waals surface area (Å²) in [6.45, 7) is 14.5. The van der Waals surface area contributed by atoms with Gasteiger partial charge in [0.25, 0.3) is 0 Å². The Morgan fingerprint density at radius 2 is 1.76 bits per heavy atom. The quantitative estimate of drug-likeness (QED) is 0.698. The Morgan fingerprint density at radius 3 is 2.00 bits per heavy atom. The lowest BCUT2D eigenvalue weighted by Gasteiger charge is -2.09. The minimum atomic E-state index is 0.954. The number of likely N-dealkylation sites (tertiary alicyclic amines) is 1. The molecule has 0 saturated carbocycles. The summed E-state index contributed by atoms with van der Waals surface area (Å²) in [5.74, 6) is 0.954. The van der Waals surface area contributed by atoms with Crippen LogP contribution in [0.3, 0.4) is 0 Å². The molecular formula is C16H29N. The Hall–Kier alpha value is -0.820. The highest BCUT2D eigenvalue weighted by Crippen LogP contribution is 2.13. The van der Waals surface area contributed by atoms with Gasteiger partial charge in [-0.2, -0.15) is 0 Å². The van der Waals surface area contributed by atoms with Crippen LogP contribution in [0.15, 0.2) is 30.3 Å². The number of rotatable bonds is 1. The van der Waals surface area contributed by atoms with Crippen molar-refractivity contribution in [1.82, 2.24) is 4.90 Å². The summed E-state index contributed by atoms with van der Waals surface area (Å²) in [6.07, 6.45) is 1.41. The summed E-state index contributed by atoms with van der Waals surface area (Å²) in [5, 5.41) is 0. The molecule has 1 aliphatic heterocycles. The van der Waals surface area contributed by atoms with Crippen LogP contribution in [-0.4, -0.2) is 24.5 Å². The van der Waals surface area contributed by atoms with Gasteiger partial charge in [0, 0.05) is 6.54 Å².